The largest absolute Gasteiger partial charge is 0.491 e. The predicted molar refractivity (Wildman–Crippen MR) is 96.4 cm³/mol. The van der Waals surface area contributed by atoms with Gasteiger partial charge in [-0.3, -0.25) is 4.18 Å². The molecule has 1 unspecified atom stereocenters. The van der Waals surface area contributed by atoms with E-state index in [0.29, 0.717) is 13.2 Å². The third-order valence-electron chi connectivity index (χ3n) is 3.47. The summed E-state index contributed by atoms with van der Waals surface area (Å²) in [7, 11) is -3.78. The van der Waals surface area contributed by atoms with Gasteiger partial charge in [0.25, 0.3) is 10.1 Å². The molecule has 0 spiro atoms. The highest BCUT2D eigenvalue weighted by Gasteiger charge is 2.19. The van der Waals surface area contributed by atoms with E-state index in [0.717, 1.165) is 11.3 Å². The van der Waals surface area contributed by atoms with Gasteiger partial charge in [0.1, 0.15) is 12.4 Å². The topological polar surface area (TPSA) is 61.8 Å². The van der Waals surface area contributed by atoms with Crippen LogP contribution in [0.15, 0.2) is 53.4 Å². The maximum absolute atomic E-state index is 12.2. The van der Waals surface area contributed by atoms with Gasteiger partial charge in [0, 0.05) is 0 Å². The first-order valence-corrected chi connectivity index (χ1v) is 9.55. The van der Waals surface area contributed by atoms with Crippen LogP contribution in [0.5, 0.6) is 5.75 Å². The molecule has 2 rings (SSSR count). The fraction of sp³-hybridized carbons (Fsp3) is 0.368. The van der Waals surface area contributed by atoms with Crippen LogP contribution in [0.4, 0.5) is 0 Å². The third-order valence-corrected chi connectivity index (χ3v) is 4.90. The number of benzene rings is 2. The number of hydrogen-bond acceptors (Lipinski definition) is 5. The van der Waals surface area contributed by atoms with Crippen molar-refractivity contribution < 1.29 is 22.1 Å². The normalized spacial score (nSPS) is 12.8. The van der Waals surface area contributed by atoms with Crippen molar-refractivity contribution in [1.82, 2.24) is 0 Å². The van der Waals surface area contributed by atoms with Crippen LogP contribution in [0.1, 0.15) is 18.1 Å². The summed E-state index contributed by atoms with van der Waals surface area (Å²) in [6, 6.07) is 14.3. The van der Waals surface area contributed by atoms with E-state index in [2.05, 4.69) is 0 Å². The Bertz CT molecular complexity index is 751. The second-order valence-corrected chi connectivity index (χ2v) is 7.48. The molecule has 25 heavy (non-hydrogen) atoms. The van der Waals surface area contributed by atoms with Crippen LogP contribution in [0.25, 0.3) is 0 Å². The summed E-state index contributed by atoms with van der Waals surface area (Å²) in [4.78, 5) is 0.146. The lowest BCUT2D eigenvalue weighted by molar-refractivity contribution is 0.0457. The summed E-state index contributed by atoms with van der Waals surface area (Å²) in [6.45, 7) is 6.48. The maximum Gasteiger partial charge on any atom is 0.297 e. The first-order chi connectivity index (χ1) is 11.9. The Morgan fingerprint density at radius 2 is 1.44 bits per heavy atom. The van der Waals surface area contributed by atoms with Crippen LogP contribution in [-0.2, 0) is 19.0 Å². The first-order valence-electron chi connectivity index (χ1n) is 8.14. The van der Waals surface area contributed by atoms with Crippen molar-refractivity contribution in [2.45, 2.75) is 31.8 Å². The molecule has 0 aliphatic heterocycles. The number of aryl methyl sites for hydroxylation is 2. The summed E-state index contributed by atoms with van der Waals surface area (Å²) in [5.41, 5.74) is 2.16. The molecule has 0 aromatic heterocycles. The number of hydrogen-bond donors (Lipinski definition) is 0. The number of rotatable bonds is 9. The molecule has 0 saturated carbocycles. The van der Waals surface area contributed by atoms with Gasteiger partial charge in [0.05, 0.1) is 24.2 Å². The monoisotopic (exact) mass is 364 g/mol. The highest BCUT2D eigenvalue weighted by Crippen LogP contribution is 2.15. The van der Waals surface area contributed by atoms with E-state index in [1.165, 1.54) is 17.7 Å². The fourth-order valence-electron chi connectivity index (χ4n) is 2.11. The third kappa shape index (κ3) is 6.49. The standard InChI is InChI=1S/C19H24O5S/c1-15-4-8-18(9-5-15)23-13-12-22-14-17(3)24-25(20,21)19-10-6-16(2)7-11-19/h4-11,17H,12-14H2,1-3H3. The zero-order chi connectivity index (χ0) is 18.3. The lowest BCUT2D eigenvalue weighted by Gasteiger charge is -2.14. The van der Waals surface area contributed by atoms with E-state index >= 15 is 0 Å². The van der Waals surface area contributed by atoms with Crippen LogP contribution >= 0.6 is 0 Å². The molecule has 6 heteroatoms. The van der Waals surface area contributed by atoms with Crippen molar-refractivity contribution in [3.63, 3.8) is 0 Å². The van der Waals surface area contributed by atoms with E-state index < -0.39 is 16.2 Å². The molecule has 2 aromatic rings. The van der Waals surface area contributed by atoms with Gasteiger partial charge in [-0.05, 0) is 45.0 Å². The van der Waals surface area contributed by atoms with Gasteiger partial charge in [0.15, 0.2) is 0 Å². The molecule has 0 saturated heterocycles. The quantitative estimate of drug-likeness (QED) is 0.503. The SMILES string of the molecule is Cc1ccc(OCCOCC(C)OS(=O)(=O)c2ccc(C)cc2)cc1. The second kappa shape index (κ2) is 8.99. The zero-order valence-electron chi connectivity index (χ0n) is 14.8. The Balaban J connectivity index is 1.70. The van der Waals surface area contributed by atoms with Crippen molar-refractivity contribution in [1.29, 1.82) is 0 Å². The molecule has 0 amide bonds. The van der Waals surface area contributed by atoms with E-state index in [1.807, 2.05) is 38.1 Å². The molecule has 0 bridgehead atoms. The number of ether oxygens (including phenoxy) is 2. The molecule has 136 valence electrons. The van der Waals surface area contributed by atoms with Gasteiger partial charge in [-0.1, -0.05) is 35.4 Å². The molecule has 0 heterocycles. The Morgan fingerprint density at radius 3 is 2.04 bits per heavy atom. The second-order valence-electron chi connectivity index (χ2n) is 5.91. The van der Waals surface area contributed by atoms with Crippen LogP contribution < -0.4 is 4.74 Å². The van der Waals surface area contributed by atoms with Gasteiger partial charge < -0.3 is 9.47 Å². The van der Waals surface area contributed by atoms with Gasteiger partial charge in [-0.15, -0.1) is 0 Å². The molecule has 0 radical (unpaired) electrons. The zero-order valence-corrected chi connectivity index (χ0v) is 15.6. The molecular weight excluding hydrogens is 340 g/mol. The van der Waals surface area contributed by atoms with Gasteiger partial charge >= 0.3 is 0 Å². The van der Waals surface area contributed by atoms with E-state index in [1.54, 1.807) is 19.1 Å². The van der Waals surface area contributed by atoms with Crippen LogP contribution in [0.2, 0.25) is 0 Å². The first kappa shape index (κ1) is 19.4. The highest BCUT2D eigenvalue weighted by atomic mass is 32.2. The van der Waals surface area contributed by atoms with Crippen LogP contribution in [-0.4, -0.2) is 34.3 Å². The minimum absolute atomic E-state index is 0.146. The Kier molecular flexibility index (Phi) is 6.99. The smallest absolute Gasteiger partial charge is 0.297 e. The van der Waals surface area contributed by atoms with Crippen molar-refractivity contribution in [3.8, 4) is 5.75 Å². The average Bonchev–Trinajstić information content (AvgIpc) is 2.56. The molecular formula is C19H24O5S. The van der Waals surface area contributed by atoms with E-state index in [4.69, 9.17) is 13.7 Å². The maximum atomic E-state index is 12.2. The Labute approximate surface area is 149 Å². The molecule has 0 aliphatic rings. The molecule has 1 atom stereocenters. The van der Waals surface area contributed by atoms with Gasteiger partial charge in [-0.25, -0.2) is 0 Å². The Morgan fingerprint density at radius 1 is 0.880 bits per heavy atom. The van der Waals surface area contributed by atoms with Crippen molar-refractivity contribution in [3.05, 3.63) is 59.7 Å². The molecule has 0 aliphatic carbocycles. The molecule has 5 nitrogen and oxygen atoms in total. The molecule has 0 fully saturated rings. The van der Waals surface area contributed by atoms with Crippen molar-refractivity contribution >= 4 is 10.1 Å². The van der Waals surface area contributed by atoms with Crippen molar-refractivity contribution in [2.24, 2.45) is 0 Å². The lowest BCUT2D eigenvalue weighted by atomic mass is 10.2. The summed E-state index contributed by atoms with van der Waals surface area (Å²) < 4.78 is 40.4. The van der Waals surface area contributed by atoms with Crippen molar-refractivity contribution in [2.75, 3.05) is 19.8 Å². The summed E-state index contributed by atoms with van der Waals surface area (Å²) >= 11 is 0. The molecule has 2 aromatic carbocycles. The van der Waals surface area contributed by atoms with Crippen LogP contribution in [0, 0.1) is 13.8 Å². The fourth-order valence-corrected chi connectivity index (χ4v) is 3.18. The predicted octanol–water partition coefficient (Wildman–Crippen LogP) is 3.49. The minimum Gasteiger partial charge on any atom is -0.491 e. The van der Waals surface area contributed by atoms with Gasteiger partial charge in [0.2, 0.25) is 0 Å². The van der Waals surface area contributed by atoms with E-state index in [-0.39, 0.29) is 11.5 Å². The summed E-state index contributed by atoms with van der Waals surface area (Å²) in [5, 5.41) is 0. The summed E-state index contributed by atoms with van der Waals surface area (Å²) in [6.07, 6.45) is -0.578. The minimum atomic E-state index is -3.78. The Hall–Kier alpha value is -1.89. The van der Waals surface area contributed by atoms with Gasteiger partial charge in [-0.2, -0.15) is 8.42 Å². The van der Waals surface area contributed by atoms with E-state index in [9.17, 15) is 8.42 Å². The average molecular weight is 364 g/mol. The lowest BCUT2D eigenvalue weighted by Crippen LogP contribution is -2.22. The van der Waals surface area contributed by atoms with Crippen LogP contribution in [0.3, 0.4) is 0 Å². The highest BCUT2D eigenvalue weighted by molar-refractivity contribution is 7.86. The molecule has 0 N–H and O–H groups in total. The summed E-state index contributed by atoms with van der Waals surface area (Å²) in [5.74, 6) is 0.778.